The molecule has 5 nitrogen and oxygen atoms in total. The highest BCUT2D eigenvalue weighted by molar-refractivity contribution is 7.22. The lowest BCUT2D eigenvalue weighted by Gasteiger charge is -2.26. The van der Waals surface area contributed by atoms with Gasteiger partial charge in [-0.1, -0.05) is 25.1 Å². The summed E-state index contributed by atoms with van der Waals surface area (Å²) in [6.07, 6.45) is 6.23. The van der Waals surface area contributed by atoms with Crippen molar-refractivity contribution in [2.75, 3.05) is 45.9 Å². The first kappa shape index (κ1) is 28.0. The fourth-order valence-corrected chi connectivity index (χ4v) is 7.31. The van der Waals surface area contributed by atoms with Crippen LogP contribution in [0.4, 0.5) is 0 Å². The molecule has 4 aromatic rings. The van der Waals surface area contributed by atoms with E-state index in [4.69, 9.17) is 9.47 Å². The third-order valence-electron chi connectivity index (χ3n) is 8.50. The van der Waals surface area contributed by atoms with Crippen molar-refractivity contribution in [3.05, 3.63) is 83.9 Å². The molecule has 214 valence electrons. The Morgan fingerprint density at radius 3 is 2.22 bits per heavy atom. The molecule has 0 bridgehead atoms. The van der Waals surface area contributed by atoms with Gasteiger partial charge >= 0.3 is 0 Å². The van der Waals surface area contributed by atoms with Gasteiger partial charge in [0.05, 0.1) is 0 Å². The minimum atomic E-state index is 0.0402. The number of carbonyl (C=O) groups excluding carboxylic acids is 1. The fourth-order valence-electron chi connectivity index (χ4n) is 6.10. The molecule has 3 heterocycles. The van der Waals surface area contributed by atoms with E-state index in [1.807, 2.05) is 48.5 Å². The van der Waals surface area contributed by atoms with Crippen molar-refractivity contribution in [1.82, 2.24) is 9.80 Å². The summed E-state index contributed by atoms with van der Waals surface area (Å²) in [4.78, 5) is 20.0. The van der Waals surface area contributed by atoms with Gasteiger partial charge in [-0.15, -0.1) is 11.3 Å². The van der Waals surface area contributed by atoms with Gasteiger partial charge < -0.3 is 9.47 Å². The van der Waals surface area contributed by atoms with E-state index in [1.54, 1.807) is 11.3 Å². The zero-order valence-electron chi connectivity index (χ0n) is 24.0. The standard InChI is InChI=1S/C35H40N2O3S/c1-2-28(37-21-7-8-22-37)25-40-30-15-11-26(12-16-30)34(38)33-31-9-3-4-10-32(31)41-35(33)27-13-17-29(18-14-27)39-24-23-36-19-5-6-20-36/h3-4,9-18,28H,2,5-8,19-25H2,1H3. The lowest BCUT2D eigenvalue weighted by molar-refractivity contribution is 0.104. The molecule has 2 fully saturated rings. The summed E-state index contributed by atoms with van der Waals surface area (Å²) in [7, 11) is 0. The van der Waals surface area contributed by atoms with E-state index in [9.17, 15) is 4.79 Å². The topological polar surface area (TPSA) is 42.0 Å². The Hall–Kier alpha value is -3.19. The molecule has 41 heavy (non-hydrogen) atoms. The van der Waals surface area contributed by atoms with E-state index in [0.29, 0.717) is 24.8 Å². The lowest BCUT2D eigenvalue weighted by atomic mass is 9.97. The predicted octanol–water partition coefficient (Wildman–Crippen LogP) is 7.53. The van der Waals surface area contributed by atoms with Gasteiger partial charge in [0.1, 0.15) is 24.7 Å². The number of hydrogen-bond donors (Lipinski definition) is 0. The number of fused-ring (bicyclic) bond motifs is 1. The molecule has 2 saturated heterocycles. The fraction of sp³-hybridized carbons (Fsp3) is 0.400. The molecule has 1 atom stereocenters. The Morgan fingerprint density at radius 2 is 1.49 bits per heavy atom. The maximum atomic E-state index is 14.0. The first-order chi connectivity index (χ1) is 20.2. The minimum Gasteiger partial charge on any atom is -0.492 e. The normalized spacial score (nSPS) is 16.8. The number of thiophene rings is 1. The Morgan fingerprint density at radius 1 is 0.829 bits per heavy atom. The second kappa shape index (κ2) is 13.2. The summed E-state index contributed by atoms with van der Waals surface area (Å²) in [6, 6.07) is 24.5. The number of ether oxygens (including phenoxy) is 2. The highest BCUT2D eigenvalue weighted by Crippen LogP contribution is 2.40. The predicted molar refractivity (Wildman–Crippen MR) is 169 cm³/mol. The van der Waals surface area contributed by atoms with Crippen molar-refractivity contribution < 1.29 is 14.3 Å². The molecule has 0 saturated carbocycles. The number of benzene rings is 3. The average Bonchev–Trinajstić information content (AvgIpc) is 3.80. The van der Waals surface area contributed by atoms with Gasteiger partial charge in [-0.3, -0.25) is 14.6 Å². The van der Waals surface area contributed by atoms with Gasteiger partial charge in [0.15, 0.2) is 5.78 Å². The van der Waals surface area contributed by atoms with Gasteiger partial charge in [0, 0.05) is 38.7 Å². The Labute approximate surface area is 247 Å². The summed E-state index contributed by atoms with van der Waals surface area (Å²) < 4.78 is 13.3. The third-order valence-corrected chi connectivity index (χ3v) is 9.72. The maximum Gasteiger partial charge on any atom is 0.195 e. The zero-order valence-corrected chi connectivity index (χ0v) is 24.8. The molecular formula is C35H40N2O3S. The van der Waals surface area contributed by atoms with Crippen LogP contribution in [0.15, 0.2) is 72.8 Å². The second-order valence-corrected chi connectivity index (χ2v) is 12.2. The molecule has 6 rings (SSSR count). The van der Waals surface area contributed by atoms with Gasteiger partial charge in [0.25, 0.3) is 0 Å². The Bertz CT molecular complexity index is 1430. The maximum absolute atomic E-state index is 14.0. The van der Waals surface area contributed by atoms with E-state index >= 15 is 0 Å². The molecule has 1 aromatic heterocycles. The van der Waals surface area contributed by atoms with Crippen LogP contribution in [0.1, 0.15) is 54.9 Å². The van der Waals surface area contributed by atoms with Crippen molar-refractivity contribution in [2.45, 2.75) is 45.1 Å². The summed E-state index contributed by atoms with van der Waals surface area (Å²) in [5.74, 6) is 1.72. The van der Waals surface area contributed by atoms with Crippen molar-refractivity contribution >= 4 is 27.2 Å². The van der Waals surface area contributed by atoms with Crippen molar-refractivity contribution in [3.63, 3.8) is 0 Å². The molecule has 0 N–H and O–H groups in total. The molecule has 0 radical (unpaired) electrons. The molecule has 3 aromatic carbocycles. The van der Waals surface area contributed by atoms with E-state index in [0.717, 1.165) is 50.6 Å². The number of hydrogen-bond acceptors (Lipinski definition) is 6. The van der Waals surface area contributed by atoms with Gasteiger partial charge in [-0.25, -0.2) is 0 Å². The van der Waals surface area contributed by atoms with E-state index in [-0.39, 0.29) is 5.78 Å². The van der Waals surface area contributed by atoms with Gasteiger partial charge in [0.2, 0.25) is 0 Å². The largest absolute Gasteiger partial charge is 0.492 e. The SMILES string of the molecule is CCC(COc1ccc(C(=O)c2c(-c3ccc(OCCN4CCCC4)cc3)sc3ccccc23)cc1)N1CCCC1. The van der Waals surface area contributed by atoms with Crippen LogP contribution in [-0.4, -0.2) is 67.6 Å². The summed E-state index contributed by atoms with van der Waals surface area (Å²) in [6.45, 7) is 9.27. The molecule has 2 aliphatic rings. The van der Waals surface area contributed by atoms with Crippen LogP contribution in [0.25, 0.3) is 20.5 Å². The Kier molecular flexibility index (Phi) is 9.00. The Balaban J connectivity index is 1.17. The minimum absolute atomic E-state index is 0.0402. The van der Waals surface area contributed by atoms with Gasteiger partial charge in [-0.05, 0) is 118 Å². The highest BCUT2D eigenvalue weighted by atomic mass is 32.1. The van der Waals surface area contributed by atoms with Gasteiger partial charge in [-0.2, -0.15) is 0 Å². The number of carbonyl (C=O) groups is 1. The monoisotopic (exact) mass is 568 g/mol. The van der Waals surface area contributed by atoms with Crippen LogP contribution in [0.3, 0.4) is 0 Å². The first-order valence-electron chi connectivity index (χ1n) is 15.2. The smallest absolute Gasteiger partial charge is 0.195 e. The number of rotatable bonds is 12. The van der Waals surface area contributed by atoms with Crippen molar-refractivity contribution in [1.29, 1.82) is 0 Å². The van der Waals surface area contributed by atoms with Crippen molar-refractivity contribution in [3.8, 4) is 21.9 Å². The molecule has 0 amide bonds. The summed E-state index contributed by atoms with van der Waals surface area (Å²) in [5, 5.41) is 1.00. The molecule has 6 heteroatoms. The molecule has 0 aliphatic carbocycles. The molecule has 0 spiro atoms. The first-order valence-corrected chi connectivity index (χ1v) is 16.0. The van der Waals surface area contributed by atoms with Crippen LogP contribution >= 0.6 is 11.3 Å². The van der Waals surface area contributed by atoms with E-state index in [1.165, 1.54) is 51.9 Å². The van der Waals surface area contributed by atoms with Crippen LogP contribution < -0.4 is 9.47 Å². The van der Waals surface area contributed by atoms with E-state index < -0.39 is 0 Å². The van der Waals surface area contributed by atoms with E-state index in [2.05, 4.69) is 41.0 Å². The summed E-state index contributed by atoms with van der Waals surface area (Å²) in [5.41, 5.74) is 2.48. The zero-order chi connectivity index (χ0) is 28.0. The average molecular weight is 569 g/mol. The third kappa shape index (κ3) is 6.50. The quantitative estimate of drug-likeness (QED) is 0.165. The molecule has 2 aliphatic heterocycles. The van der Waals surface area contributed by atoms with Crippen LogP contribution in [0.5, 0.6) is 11.5 Å². The van der Waals surface area contributed by atoms with Crippen LogP contribution in [0, 0.1) is 0 Å². The molecular weight excluding hydrogens is 528 g/mol. The lowest BCUT2D eigenvalue weighted by Crippen LogP contribution is -2.36. The highest BCUT2D eigenvalue weighted by Gasteiger charge is 2.23. The van der Waals surface area contributed by atoms with Crippen LogP contribution in [-0.2, 0) is 0 Å². The number of ketones is 1. The second-order valence-electron chi connectivity index (χ2n) is 11.2. The molecule has 1 unspecified atom stereocenters. The van der Waals surface area contributed by atoms with Crippen molar-refractivity contribution in [2.24, 2.45) is 0 Å². The number of nitrogens with zero attached hydrogens (tertiary/aromatic N) is 2. The van der Waals surface area contributed by atoms with Crippen LogP contribution in [0.2, 0.25) is 0 Å². The number of likely N-dealkylation sites (tertiary alicyclic amines) is 2. The summed E-state index contributed by atoms with van der Waals surface area (Å²) >= 11 is 1.67.